The van der Waals surface area contributed by atoms with Gasteiger partial charge in [0.05, 0.1) is 6.26 Å². The van der Waals surface area contributed by atoms with Gasteiger partial charge in [-0.25, -0.2) is 4.39 Å². The second-order valence-corrected chi connectivity index (χ2v) is 4.31. The summed E-state index contributed by atoms with van der Waals surface area (Å²) >= 11 is 0. The van der Waals surface area contributed by atoms with Crippen molar-refractivity contribution in [2.24, 2.45) is 0 Å². The van der Waals surface area contributed by atoms with Gasteiger partial charge in [0, 0.05) is 24.6 Å². The molecule has 2 aromatic rings. The predicted molar refractivity (Wildman–Crippen MR) is 66.8 cm³/mol. The average molecular weight is 249 g/mol. The van der Waals surface area contributed by atoms with Gasteiger partial charge in [-0.2, -0.15) is 0 Å². The lowest BCUT2D eigenvalue weighted by Crippen LogP contribution is -2.27. The first kappa shape index (κ1) is 12.6. The van der Waals surface area contributed by atoms with Crippen LogP contribution in [0.3, 0.4) is 0 Å². The van der Waals surface area contributed by atoms with E-state index < -0.39 is 5.82 Å². The van der Waals surface area contributed by atoms with E-state index in [4.69, 9.17) is 4.42 Å². The molecule has 0 amide bonds. The van der Waals surface area contributed by atoms with Crippen LogP contribution in [0.2, 0.25) is 0 Å². The number of halogens is 1. The second-order valence-electron chi connectivity index (χ2n) is 4.31. The van der Waals surface area contributed by atoms with Gasteiger partial charge in [-0.3, -0.25) is 0 Å². The van der Waals surface area contributed by atoms with Gasteiger partial charge in [0.2, 0.25) is 0 Å². The highest BCUT2D eigenvalue weighted by atomic mass is 19.1. The Morgan fingerprint density at radius 1 is 1.33 bits per heavy atom. The maximum atomic E-state index is 13.1. The molecule has 1 atom stereocenters. The van der Waals surface area contributed by atoms with Gasteiger partial charge in [0.15, 0.2) is 11.6 Å². The van der Waals surface area contributed by atoms with E-state index in [9.17, 15) is 9.50 Å². The molecule has 0 radical (unpaired) electrons. The molecule has 0 fully saturated rings. The lowest BCUT2D eigenvalue weighted by Gasteiger charge is -2.13. The minimum absolute atomic E-state index is 0.179. The monoisotopic (exact) mass is 249 g/mol. The number of nitrogens with one attached hydrogen (secondary N) is 1. The highest BCUT2D eigenvalue weighted by Crippen LogP contribution is 2.20. The van der Waals surface area contributed by atoms with Crippen LogP contribution in [0.15, 0.2) is 41.0 Å². The van der Waals surface area contributed by atoms with Crippen LogP contribution in [0.25, 0.3) is 0 Å². The quantitative estimate of drug-likeness (QED) is 0.856. The molecule has 3 nitrogen and oxygen atoms in total. The summed E-state index contributed by atoms with van der Waals surface area (Å²) in [5.74, 6) is 0.0293. The third-order valence-corrected chi connectivity index (χ3v) is 2.80. The molecule has 0 aliphatic carbocycles. The van der Waals surface area contributed by atoms with Crippen molar-refractivity contribution in [2.75, 3.05) is 0 Å². The number of hydrogen-bond donors (Lipinski definition) is 2. The van der Waals surface area contributed by atoms with Crippen LogP contribution < -0.4 is 5.32 Å². The topological polar surface area (TPSA) is 45.4 Å². The molecule has 1 aromatic carbocycles. The zero-order valence-corrected chi connectivity index (χ0v) is 10.2. The first-order valence-electron chi connectivity index (χ1n) is 5.89. The molecular weight excluding hydrogens is 233 g/mol. The molecule has 2 rings (SSSR count). The summed E-state index contributed by atoms with van der Waals surface area (Å²) in [6.45, 7) is 2.43. The minimum atomic E-state index is -0.590. The number of rotatable bonds is 5. The molecule has 0 saturated carbocycles. The molecule has 96 valence electrons. The molecular formula is C14H16FNO2. The van der Waals surface area contributed by atoms with Crippen molar-refractivity contribution < 1.29 is 13.9 Å². The van der Waals surface area contributed by atoms with Crippen molar-refractivity contribution in [3.8, 4) is 5.75 Å². The Bertz CT molecular complexity index is 497. The Hall–Kier alpha value is -1.81. The Balaban J connectivity index is 1.89. The maximum Gasteiger partial charge on any atom is 0.165 e. The second kappa shape index (κ2) is 5.69. The lowest BCUT2D eigenvalue weighted by molar-refractivity contribution is 0.416. The first-order chi connectivity index (χ1) is 8.66. The van der Waals surface area contributed by atoms with Gasteiger partial charge in [0.1, 0.15) is 5.76 Å². The number of phenols is 1. The zero-order valence-electron chi connectivity index (χ0n) is 10.2. The molecule has 0 aliphatic rings. The lowest BCUT2D eigenvalue weighted by atomic mass is 10.1. The molecule has 18 heavy (non-hydrogen) atoms. The van der Waals surface area contributed by atoms with Crippen molar-refractivity contribution in [3.05, 3.63) is 53.7 Å². The van der Waals surface area contributed by atoms with E-state index in [1.54, 1.807) is 18.4 Å². The van der Waals surface area contributed by atoms with Crippen LogP contribution in [-0.4, -0.2) is 11.1 Å². The summed E-state index contributed by atoms with van der Waals surface area (Å²) in [6.07, 6.45) is 2.39. The van der Waals surface area contributed by atoms with Crippen molar-refractivity contribution in [1.29, 1.82) is 0 Å². The Kier molecular flexibility index (Phi) is 3.99. The average Bonchev–Trinajstić information content (AvgIpc) is 2.84. The molecule has 1 heterocycles. The van der Waals surface area contributed by atoms with E-state index in [1.165, 1.54) is 6.07 Å². The Morgan fingerprint density at radius 3 is 2.89 bits per heavy atom. The molecule has 0 spiro atoms. The predicted octanol–water partition coefficient (Wildman–Crippen LogP) is 2.85. The largest absolute Gasteiger partial charge is 0.505 e. The summed E-state index contributed by atoms with van der Waals surface area (Å²) in [5.41, 5.74) is 0.557. The summed E-state index contributed by atoms with van der Waals surface area (Å²) in [4.78, 5) is 0. The van der Waals surface area contributed by atoms with Crippen LogP contribution in [-0.2, 0) is 13.0 Å². The third-order valence-electron chi connectivity index (χ3n) is 2.80. The third kappa shape index (κ3) is 3.11. The molecule has 1 aromatic heterocycles. The molecule has 0 saturated heterocycles. The van der Waals surface area contributed by atoms with Gasteiger partial charge >= 0.3 is 0 Å². The Morgan fingerprint density at radius 2 is 2.17 bits per heavy atom. The normalized spacial score (nSPS) is 12.6. The van der Waals surface area contributed by atoms with Crippen LogP contribution in [0, 0.1) is 5.82 Å². The van der Waals surface area contributed by atoms with Gasteiger partial charge < -0.3 is 14.8 Å². The number of hydrogen-bond acceptors (Lipinski definition) is 3. The maximum absolute atomic E-state index is 13.1. The SMILES string of the molecule is CC(Cc1ccco1)NCc1cccc(F)c1O. The van der Waals surface area contributed by atoms with Crippen LogP contribution >= 0.6 is 0 Å². The number of para-hydroxylation sites is 1. The van der Waals surface area contributed by atoms with Crippen molar-refractivity contribution >= 4 is 0 Å². The Labute approximate surface area is 105 Å². The van der Waals surface area contributed by atoms with Crippen molar-refractivity contribution in [1.82, 2.24) is 5.32 Å². The van der Waals surface area contributed by atoms with Crippen molar-refractivity contribution in [2.45, 2.75) is 25.9 Å². The van der Waals surface area contributed by atoms with Crippen LogP contribution in [0.5, 0.6) is 5.75 Å². The summed E-state index contributed by atoms with van der Waals surface area (Å²) < 4.78 is 18.4. The summed E-state index contributed by atoms with van der Waals surface area (Å²) in [7, 11) is 0. The van der Waals surface area contributed by atoms with Crippen LogP contribution in [0.4, 0.5) is 4.39 Å². The summed E-state index contributed by atoms with van der Waals surface area (Å²) in [5, 5.41) is 12.8. The van der Waals surface area contributed by atoms with Gasteiger partial charge in [0.25, 0.3) is 0 Å². The number of aromatic hydroxyl groups is 1. The fourth-order valence-corrected chi connectivity index (χ4v) is 1.79. The highest BCUT2D eigenvalue weighted by molar-refractivity contribution is 5.33. The molecule has 0 bridgehead atoms. The number of furan rings is 1. The molecule has 1 unspecified atom stereocenters. The van der Waals surface area contributed by atoms with Crippen molar-refractivity contribution in [3.63, 3.8) is 0 Å². The van der Waals surface area contributed by atoms with E-state index in [0.29, 0.717) is 12.1 Å². The standard InChI is InChI=1S/C14H16FNO2/c1-10(8-12-5-3-7-18-12)16-9-11-4-2-6-13(15)14(11)17/h2-7,10,16-17H,8-9H2,1H3. The zero-order chi connectivity index (χ0) is 13.0. The summed E-state index contributed by atoms with van der Waals surface area (Å²) in [6, 6.07) is 8.47. The molecule has 0 aliphatic heterocycles. The van der Waals surface area contributed by atoms with E-state index in [1.807, 2.05) is 19.1 Å². The van der Waals surface area contributed by atoms with E-state index in [2.05, 4.69) is 5.32 Å². The minimum Gasteiger partial charge on any atom is -0.505 e. The highest BCUT2D eigenvalue weighted by Gasteiger charge is 2.09. The van der Waals surface area contributed by atoms with Gasteiger partial charge in [-0.15, -0.1) is 0 Å². The van der Waals surface area contributed by atoms with E-state index in [0.717, 1.165) is 12.2 Å². The fourth-order valence-electron chi connectivity index (χ4n) is 1.79. The van der Waals surface area contributed by atoms with Crippen LogP contribution in [0.1, 0.15) is 18.2 Å². The fraction of sp³-hybridized carbons (Fsp3) is 0.286. The first-order valence-corrected chi connectivity index (χ1v) is 5.89. The molecule has 4 heteroatoms. The smallest absolute Gasteiger partial charge is 0.165 e. The number of benzene rings is 1. The number of phenolic OH excluding ortho intramolecular Hbond substituents is 1. The van der Waals surface area contributed by atoms with E-state index >= 15 is 0 Å². The van der Waals surface area contributed by atoms with E-state index in [-0.39, 0.29) is 11.8 Å². The van der Waals surface area contributed by atoms with Gasteiger partial charge in [-0.05, 0) is 25.1 Å². The molecule has 2 N–H and O–H groups in total. The van der Waals surface area contributed by atoms with Gasteiger partial charge in [-0.1, -0.05) is 12.1 Å².